The fourth-order valence-corrected chi connectivity index (χ4v) is 3.30. The van der Waals surface area contributed by atoms with Crippen LogP contribution in [0, 0.1) is 0 Å². The zero-order valence-electron chi connectivity index (χ0n) is 14.5. The Bertz CT molecular complexity index is 764. The summed E-state index contributed by atoms with van der Waals surface area (Å²) in [6, 6.07) is 13.5. The van der Waals surface area contributed by atoms with Crippen molar-refractivity contribution in [2.45, 2.75) is 51.2 Å². The largest absolute Gasteiger partial charge is 0.507 e. The van der Waals surface area contributed by atoms with Gasteiger partial charge in [0.05, 0.1) is 6.10 Å². The number of hydrogen-bond acceptors (Lipinski definition) is 3. The number of phenols is 1. The molecule has 0 amide bonds. The number of rotatable bonds is 4. The Hall–Kier alpha value is -2.13. The van der Waals surface area contributed by atoms with Crippen LogP contribution < -0.4 is 0 Å². The summed E-state index contributed by atoms with van der Waals surface area (Å²) < 4.78 is 0. The molecule has 0 spiro atoms. The lowest BCUT2D eigenvalue weighted by molar-refractivity contribution is 0.159. The fourth-order valence-electron chi connectivity index (χ4n) is 3.30. The highest BCUT2D eigenvalue weighted by molar-refractivity contribution is 5.84. The first kappa shape index (κ1) is 16.7. The summed E-state index contributed by atoms with van der Waals surface area (Å²) in [6.07, 6.45) is 2.76. The van der Waals surface area contributed by atoms with Gasteiger partial charge < -0.3 is 10.2 Å². The number of aliphatic imine (C=N–C) groups is 1. The molecule has 0 saturated carbocycles. The van der Waals surface area contributed by atoms with Crippen molar-refractivity contribution in [2.24, 2.45) is 4.99 Å². The molecule has 3 nitrogen and oxygen atoms in total. The van der Waals surface area contributed by atoms with E-state index in [4.69, 9.17) is 0 Å². The van der Waals surface area contributed by atoms with Gasteiger partial charge >= 0.3 is 0 Å². The third-order valence-electron chi connectivity index (χ3n) is 5.22. The van der Waals surface area contributed by atoms with Crippen LogP contribution in [0.3, 0.4) is 0 Å². The summed E-state index contributed by atoms with van der Waals surface area (Å²) in [5.41, 5.74) is 3.77. The molecule has 0 unspecified atom stereocenters. The lowest BCUT2D eigenvalue weighted by Gasteiger charge is -2.25. The first-order valence-electron chi connectivity index (χ1n) is 8.55. The highest BCUT2D eigenvalue weighted by Crippen LogP contribution is 2.37. The second-order valence-electron chi connectivity index (χ2n) is 7.17. The zero-order valence-corrected chi connectivity index (χ0v) is 14.5. The van der Waals surface area contributed by atoms with Crippen LogP contribution in [-0.4, -0.2) is 22.5 Å². The van der Waals surface area contributed by atoms with Gasteiger partial charge in [0.2, 0.25) is 0 Å². The molecule has 3 heteroatoms. The van der Waals surface area contributed by atoms with Crippen LogP contribution in [0.1, 0.15) is 55.5 Å². The van der Waals surface area contributed by atoms with Crippen molar-refractivity contribution in [3.8, 4) is 5.75 Å². The maximum absolute atomic E-state index is 10.6. The molecule has 1 aliphatic rings. The van der Waals surface area contributed by atoms with Crippen LogP contribution in [0.25, 0.3) is 0 Å². The molecular formula is C21H25NO2. The Morgan fingerprint density at radius 1 is 1.17 bits per heavy atom. The van der Waals surface area contributed by atoms with Crippen LogP contribution in [0.4, 0.5) is 0 Å². The zero-order chi connectivity index (χ0) is 17.3. The first-order valence-corrected chi connectivity index (χ1v) is 8.55. The maximum atomic E-state index is 10.6. The molecule has 0 heterocycles. The predicted molar refractivity (Wildman–Crippen MR) is 97.9 cm³/mol. The molecule has 3 rings (SSSR count). The van der Waals surface area contributed by atoms with Gasteiger partial charge in [0.25, 0.3) is 0 Å². The SMILES string of the molecule is CCC(C)(C)c1cccc(C=N[C@H]2c3ccccc3C[C@H]2O)c1O. The minimum atomic E-state index is -0.504. The van der Waals surface area contributed by atoms with E-state index < -0.39 is 6.10 Å². The number of benzene rings is 2. The van der Waals surface area contributed by atoms with E-state index in [2.05, 4.69) is 25.8 Å². The Balaban J connectivity index is 1.92. The topological polar surface area (TPSA) is 52.8 Å². The molecule has 0 aromatic heterocycles. The third-order valence-corrected chi connectivity index (χ3v) is 5.22. The van der Waals surface area contributed by atoms with Crippen molar-refractivity contribution in [3.05, 3.63) is 64.7 Å². The molecule has 2 atom stereocenters. The molecule has 0 radical (unpaired) electrons. The number of para-hydroxylation sites is 1. The van der Waals surface area contributed by atoms with Crippen LogP contribution in [0.5, 0.6) is 5.75 Å². The molecule has 0 aliphatic heterocycles. The highest BCUT2D eigenvalue weighted by atomic mass is 16.3. The molecule has 2 N–H and O–H groups in total. The normalized spacial score (nSPS) is 20.5. The summed E-state index contributed by atoms with van der Waals surface area (Å²) in [7, 11) is 0. The van der Waals surface area contributed by atoms with Crippen LogP contribution in [0.15, 0.2) is 47.5 Å². The molecule has 1 aliphatic carbocycles. The van der Waals surface area contributed by atoms with E-state index in [0.29, 0.717) is 12.0 Å². The van der Waals surface area contributed by atoms with Gasteiger partial charge in [-0.25, -0.2) is 0 Å². The molecule has 126 valence electrons. The van der Waals surface area contributed by atoms with Gasteiger partial charge in [-0.15, -0.1) is 0 Å². The van der Waals surface area contributed by atoms with Gasteiger partial charge in [-0.05, 0) is 29.0 Å². The summed E-state index contributed by atoms with van der Waals surface area (Å²) in [5, 5.41) is 20.9. The Morgan fingerprint density at radius 2 is 1.92 bits per heavy atom. The van der Waals surface area contributed by atoms with E-state index >= 15 is 0 Å². The first-order chi connectivity index (χ1) is 11.4. The highest BCUT2D eigenvalue weighted by Gasteiger charge is 2.30. The van der Waals surface area contributed by atoms with Gasteiger partial charge in [-0.3, -0.25) is 4.99 Å². The Labute approximate surface area is 143 Å². The number of phenolic OH excluding ortho intramolecular Hbond substituents is 1. The van der Waals surface area contributed by atoms with E-state index in [1.807, 2.05) is 42.5 Å². The number of fused-ring (bicyclic) bond motifs is 1. The smallest absolute Gasteiger partial charge is 0.128 e. The molecule has 2 aromatic carbocycles. The standard InChI is InChI=1S/C21H25NO2/c1-4-21(2,3)17-11-7-9-15(20(17)24)13-22-19-16-10-6-5-8-14(16)12-18(19)23/h5-11,13,18-19,23-24H,4,12H2,1-3H3/t18-,19+/m1/s1. The van der Waals surface area contributed by atoms with E-state index in [9.17, 15) is 10.2 Å². The lowest BCUT2D eigenvalue weighted by atomic mass is 9.81. The van der Waals surface area contributed by atoms with Gasteiger partial charge in [-0.2, -0.15) is 0 Å². The van der Waals surface area contributed by atoms with E-state index in [0.717, 1.165) is 23.1 Å². The van der Waals surface area contributed by atoms with Crippen LogP contribution in [0.2, 0.25) is 0 Å². The number of hydrogen-bond donors (Lipinski definition) is 2. The molecule has 24 heavy (non-hydrogen) atoms. The summed E-state index contributed by atoms with van der Waals surface area (Å²) in [4.78, 5) is 4.59. The second-order valence-corrected chi connectivity index (χ2v) is 7.17. The van der Waals surface area contributed by atoms with Gasteiger partial charge in [0.1, 0.15) is 11.8 Å². The van der Waals surface area contributed by atoms with Crippen molar-refractivity contribution in [1.29, 1.82) is 0 Å². The summed E-state index contributed by atoms with van der Waals surface area (Å²) >= 11 is 0. The summed E-state index contributed by atoms with van der Waals surface area (Å²) in [5.74, 6) is 0.286. The van der Waals surface area contributed by atoms with Crippen molar-refractivity contribution in [3.63, 3.8) is 0 Å². The number of nitrogens with zero attached hydrogens (tertiary/aromatic N) is 1. The van der Waals surface area contributed by atoms with Crippen molar-refractivity contribution in [1.82, 2.24) is 0 Å². The monoisotopic (exact) mass is 323 g/mol. The van der Waals surface area contributed by atoms with E-state index in [-0.39, 0.29) is 17.2 Å². The molecule has 2 aromatic rings. The number of aliphatic hydroxyl groups is 1. The molecular weight excluding hydrogens is 298 g/mol. The van der Waals surface area contributed by atoms with Gasteiger partial charge in [-0.1, -0.05) is 57.2 Å². The third kappa shape index (κ3) is 2.96. The minimum absolute atomic E-state index is 0.0899. The average Bonchev–Trinajstić information content (AvgIpc) is 2.89. The van der Waals surface area contributed by atoms with Crippen molar-refractivity contribution in [2.75, 3.05) is 0 Å². The second kappa shape index (κ2) is 6.40. The number of aromatic hydroxyl groups is 1. The van der Waals surface area contributed by atoms with Gasteiger partial charge in [0.15, 0.2) is 0 Å². The molecule has 0 saturated heterocycles. The summed E-state index contributed by atoms with van der Waals surface area (Å²) in [6.45, 7) is 6.37. The Morgan fingerprint density at radius 3 is 2.67 bits per heavy atom. The maximum Gasteiger partial charge on any atom is 0.128 e. The fraction of sp³-hybridized carbons (Fsp3) is 0.381. The lowest BCUT2D eigenvalue weighted by Crippen LogP contribution is -2.16. The van der Waals surface area contributed by atoms with Crippen LogP contribution in [-0.2, 0) is 11.8 Å². The van der Waals surface area contributed by atoms with E-state index in [1.54, 1.807) is 6.21 Å². The van der Waals surface area contributed by atoms with E-state index in [1.165, 1.54) is 0 Å². The minimum Gasteiger partial charge on any atom is -0.507 e. The number of aliphatic hydroxyl groups excluding tert-OH is 1. The molecule has 0 fully saturated rings. The quantitative estimate of drug-likeness (QED) is 0.830. The van der Waals surface area contributed by atoms with Crippen molar-refractivity contribution < 1.29 is 10.2 Å². The van der Waals surface area contributed by atoms with Crippen molar-refractivity contribution >= 4 is 6.21 Å². The Kier molecular flexibility index (Phi) is 4.46. The van der Waals surface area contributed by atoms with Crippen LogP contribution >= 0.6 is 0 Å². The molecule has 0 bridgehead atoms. The van der Waals surface area contributed by atoms with Gasteiger partial charge in [0, 0.05) is 23.8 Å². The predicted octanol–water partition coefficient (Wildman–Crippen LogP) is 4.16. The average molecular weight is 323 g/mol.